The Labute approximate surface area is 158 Å². The number of nitrogens with one attached hydrogen (secondary N) is 1. The number of thiazole rings is 1. The van der Waals surface area contributed by atoms with Gasteiger partial charge in [-0.15, -0.1) is 11.3 Å². The van der Waals surface area contributed by atoms with E-state index in [-0.39, 0.29) is 10.8 Å². The van der Waals surface area contributed by atoms with Crippen LogP contribution in [-0.4, -0.2) is 25.6 Å². The van der Waals surface area contributed by atoms with Gasteiger partial charge in [0, 0.05) is 22.9 Å². The highest BCUT2D eigenvalue weighted by molar-refractivity contribution is 7.90. The molecule has 0 aliphatic heterocycles. The lowest BCUT2D eigenvalue weighted by Gasteiger charge is -2.11. The zero-order chi connectivity index (χ0) is 18.7. The van der Waals surface area contributed by atoms with Crippen molar-refractivity contribution in [3.8, 4) is 0 Å². The van der Waals surface area contributed by atoms with Crippen LogP contribution < -0.4 is 5.32 Å². The summed E-state index contributed by atoms with van der Waals surface area (Å²) in [6.45, 7) is 1.94. The number of hydrogen-bond acceptors (Lipinski definition) is 5. The third-order valence-electron chi connectivity index (χ3n) is 4.48. The Bertz CT molecular complexity index is 922. The summed E-state index contributed by atoms with van der Waals surface area (Å²) in [5.74, 6) is 0.168. The molecule has 1 N–H and O–H groups in total. The zero-order valence-corrected chi connectivity index (χ0v) is 16.5. The van der Waals surface area contributed by atoms with Crippen LogP contribution in [0.4, 0.5) is 5.13 Å². The Morgan fingerprint density at radius 1 is 1.23 bits per heavy atom. The SMILES string of the molecule is Cc1cnc(NC(=O)/C(=C/C2CCCC2)c2ccc(S(C)(=O)=O)cc2)s1. The van der Waals surface area contributed by atoms with Crippen LogP contribution in [0.1, 0.15) is 36.1 Å². The molecule has 1 heterocycles. The fourth-order valence-corrected chi connectivity index (χ4v) is 4.41. The summed E-state index contributed by atoms with van der Waals surface area (Å²) >= 11 is 1.43. The van der Waals surface area contributed by atoms with Crippen LogP contribution in [0.2, 0.25) is 0 Å². The monoisotopic (exact) mass is 390 g/mol. The number of hydrogen-bond donors (Lipinski definition) is 1. The number of sulfone groups is 1. The van der Waals surface area contributed by atoms with Crippen LogP contribution in [0, 0.1) is 12.8 Å². The molecular weight excluding hydrogens is 368 g/mol. The van der Waals surface area contributed by atoms with Gasteiger partial charge in [0.1, 0.15) is 0 Å². The summed E-state index contributed by atoms with van der Waals surface area (Å²) in [7, 11) is -3.26. The van der Waals surface area contributed by atoms with E-state index >= 15 is 0 Å². The van der Waals surface area contributed by atoms with Crippen molar-refractivity contribution in [2.45, 2.75) is 37.5 Å². The standard InChI is InChI=1S/C19H22N2O3S2/c1-13-12-20-19(25-13)21-18(22)17(11-14-5-3-4-6-14)15-7-9-16(10-8-15)26(2,23)24/h7-12,14H,3-6H2,1-2H3,(H,20,21,22)/b17-11+. The molecule has 5 nitrogen and oxygen atoms in total. The van der Waals surface area contributed by atoms with Gasteiger partial charge in [0.05, 0.1) is 4.90 Å². The summed E-state index contributed by atoms with van der Waals surface area (Å²) in [5.41, 5.74) is 1.29. The van der Waals surface area contributed by atoms with Crippen molar-refractivity contribution in [3.05, 3.63) is 47.0 Å². The highest BCUT2D eigenvalue weighted by atomic mass is 32.2. The number of nitrogens with zero attached hydrogens (tertiary/aromatic N) is 1. The fourth-order valence-electron chi connectivity index (χ4n) is 3.12. The molecule has 3 rings (SSSR count). The molecule has 0 atom stereocenters. The minimum Gasteiger partial charge on any atom is -0.298 e. The van der Waals surface area contributed by atoms with Crippen molar-refractivity contribution in [2.75, 3.05) is 11.6 Å². The molecule has 1 aliphatic rings. The predicted octanol–water partition coefficient (Wildman–Crippen LogP) is 4.07. The Balaban J connectivity index is 1.91. The van der Waals surface area contributed by atoms with E-state index in [0.29, 0.717) is 16.6 Å². The fraction of sp³-hybridized carbons (Fsp3) is 0.368. The van der Waals surface area contributed by atoms with E-state index < -0.39 is 9.84 Å². The van der Waals surface area contributed by atoms with Crippen LogP contribution in [0.15, 0.2) is 41.4 Å². The molecule has 1 saturated carbocycles. The first-order chi connectivity index (χ1) is 12.3. The van der Waals surface area contributed by atoms with Crippen LogP contribution in [0.5, 0.6) is 0 Å². The zero-order valence-electron chi connectivity index (χ0n) is 14.9. The van der Waals surface area contributed by atoms with Crippen molar-refractivity contribution >= 4 is 37.8 Å². The Morgan fingerprint density at radius 2 is 1.88 bits per heavy atom. The number of benzene rings is 1. The van der Waals surface area contributed by atoms with E-state index in [1.807, 2.05) is 13.0 Å². The number of anilines is 1. The van der Waals surface area contributed by atoms with Gasteiger partial charge in [-0.3, -0.25) is 10.1 Å². The van der Waals surface area contributed by atoms with Crippen LogP contribution in [0.25, 0.3) is 5.57 Å². The van der Waals surface area contributed by atoms with E-state index in [9.17, 15) is 13.2 Å². The Kier molecular flexibility index (Phi) is 5.58. The van der Waals surface area contributed by atoms with E-state index in [2.05, 4.69) is 10.3 Å². The smallest absolute Gasteiger partial charge is 0.257 e. The average Bonchev–Trinajstić information content (AvgIpc) is 3.23. The van der Waals surface area contributed by atoms with Gasteiger partial charge in [-0.25, -0.2) is 13.4 Å². The second kappa shape index (κ2) is 7.72. The third kappa shape index (κ3) is 4.59. The summed E-state index contributed by atoms with van der Waals surface area (Å²) in [4.78, 5) is 18.3. The van der Waals surface area contributed by atoms with Gasteiger partial charge in [0.15, 0.2) is 15.0 Å². The van der Waals surface area contributed by atoms with Gasteiger partial charge in [-0.2, -0.15) is 0 Å². The number of aryl methyl sites for hydroxylation is 1. The molecule has 26 heavy (non-hydrogen) atoms. The quantitative estimate of drug-likeness (QED) is 0.781. The first-order valence-corrected chi connectivity index (χ1v) is 11.3. The lowest BCUT2D eigenvalue weighted by atomic mass is 9.98. The van der Waals surface area contributed by atoms with Crippen LogP contribution >= 0.6 is 11.3 Å². The number of aromatic nitrogens is 1. The lowest BCUT2D eigenvalue weighted by molar-refractivity contribution is -0.111. The second-order valence-corrected chi connectivity index (χ2v) is 9.90. The molecule has 1 aromatic carbocycles. The van der Waals surface area contributed by atoms with Crippen molar-refractivity contribution in [1.82, 2.24) is 4.98 Å². The first-order valence-electron chi connectivity index (χ1n) is 8.59. The van der Waals surface area contributed by atoms with Crippen molar-refractivity contribution < 1.29 is 13.2 Å². The number of rotatable bonds is 5. The van der Waals surface area contributed by atoms with Gasteiger partial charge in [-0.05, 0) is 43.4 Å². The number of carbonyl (C=O) groups is 1. The summed E-state index contributed by atoms with van der Waals surface area (Å²) < 4.78 is 23.3. The summed E-state index contributed by atoms with van der Waals surface area (Å²) in [6.07, 6.45) is 9.43. The van der Waals surface area contributed by atoms with Gasteiger partial charge in [0.2, 0.25) is 0 Å². The highest BCUT2D eigenvalue weighted by Crippen LogP contribution is 2.30. The molecule has 1 aromatic heterocycles. The molecule has 0 spiro atoms. The maximum atomic E-state index is 12.9. The third-order valence-corrected chi connectivity index (χ3v) is 6.44. The summed E-state index contributed by atoms with van der Waals surface area (Å²) in [6, 6.07) is 6.50. The molecule has 0 bridgehead atoms. The van der Waals surface area contributed by atoms with E-state index in [1.165, 1.54) is 30.4 Å². The highest BCUT2D eigenvalue weighted by Gasteiger charge is 2.19. The minimum atomic E-state index is -3.26. The maximum Gasteiger partial charge on any atom is 0.257 e. The van der Waals surface area contributed by atoms with Crippen molar-refractivity contribution in [1.29, 1.82) is 0 Å². The Hall–Kier alpha value is -1.99. The predicted molar refractivity (Wildman–Crippen MR) is 105 cm³/mol. The van der Waals surface area contributed by atoms with Crippen LogP contribution in [0.3, 0.4) is 0 Å². The molecule has 7 heteroatoms. The van der Waals surface area contributed by atoms with E-state index in [1.54, 1.807) is 30.5 Å². The minimum absolute atomic E-state index is 0.210. The second-order valence-electron chi connectivity index (χ2n) is 6.65. The molecule has 1 aliphatic carbocycles. The number of carbonyl (C=O) groups excluding carboxylic acids is 1. The molecule has 138 valence electrons. The molecule has 0 saturated heterocycles. The lowest BCUT2D eigenvalue weighted by Crippen LogP contribution is -2.14. The first kappa shape index (κ1) is 18.8. The number of allylic oxidation sites excluding steroid dienone is 1. The van der Waals surface area contributed by atoms with Crippen LogP contribution in [-0.2, 0) is 14.6 Å². The molecule has 2 aromatic rings. The maximum absolute atomic E-state index is 12.9. The molecule has 0 radical (unpaired) electrons. The van der Waals surface area contributed by atoms with Gasteiger partial charge >= 0.3 is 0 Å². The van der Waals surface area contributed by atoms with Gasteiger partial charge < -0.3 is 0 Å². The normalized spacial score (nSPS) is 16.0. The van der Waals surface area contributed by atoms with E-state index in [4.69, 9.17) is 0 Å². The topological polar surface area (TPSA) is 76.1 Å². The van der Waals surface area contributed by atoms with E-state index in [0.717, 1.165) is 23.3 Å². The van der Waals surface area contributed by atoms with Crippen molar-refractivity contribution in [2.24, 2.45) is 5.92 Å². The largest absolute Gasteiger partial charge is 0.298 e. The summed E-state index contributed by atoms with van der Waals surface area (Å²) in [5, 5.41) is 3.43. The van der Waals surface area contributed by atoms with Gasteiger partial charge in [0.25, 0.3) is 5.91 Å². The Morgan fingerprint density at radius 3 is 2.42 bits per heavy atom. The van der Waals surface area contributed by atoms with Gasteiger partial charge in [-0.1, -0.05) is 31.1 Å². The molecular formula is C19H22N2O3S2. The molecule has 1 amide bonds. The van der Waals surface area contributed by atoms with Crippen molar-refractivity contribution in [3.63, 3.8) is 0 Å². The molecule has 0 unspecified atom stereocenters. The average molecular weight is 391 g/mol. The molecule has 1 fully saturated rings. The number of amides is 1.